The third-order valence-electron chi connectivity index (χ3n) is 5.33. The van der Waals surface area contributed by atoms with Gasteiger partial charge in [-0.15, -0.1) is 0 Å². The Kier molecular flexibility index (Phi) is 4.99. The lowest BCUT2D eigenvalue weighted by Gasteiger charge is -2.31. The van der Waals surface area contributed by atoms with Gasteiger partial charge < -0.3 is 9.80 Å². The molecule has 2 aromatic rings. The molecule has 1 fully saturated rings. The van der Waals surface area contributed by atoms with Gasteiger partial charge in [-0.25, -0.2) is 9.97 Å². The van der Waals surface area contributed by atoms with Crippen LogP contribution in [0.3, 0.4) is 0 Å². The monoisotopic (exact) mass is 379 g/mol. The van der Waals surface area contributed by atoms with Gasteiger partial charge in [-0.3, -0.25) is 4.79 Å². The summed E-state index contributed by atoms with van der Waals surface area (Å²) in [6, 6.07) is 10.5. The maximum atomic E-state index is 13.1. The van der Waals surface area contributed by atoms with E-state index in [1.165, 1.54) is 22.9 Å². The molecule has 7 heteroatoms. The molecule has 1 amide bonds. The second-order valence-electron chi connectivity index (χ2n) is 6.92. The molecule has 1 unspecified atom stereocenters. The third kappa shape index (κ3) is 3.50. The van der Waals surface area contributed by atoms with E-state index >= 15 is 0 Å². The maximum absolute atomic E-state index is 13.1. The van der Waals surface area contributed by atoms with Crippen LogP contribution in [-0.4, -0.2) is 46.7 Å². The lowest BCUT2D eigenvalue weighted by Crippen LogP contribution is -2.40. The second-order valence-corrected chi connectivity index (χ2v) is 7.69. The van der Waals surface area contributed by atoms with Crippen LogP contribution in [-0.2, 0) is 17.8 Å². The van der Waals surface area contributed by atoms with E-state index in [0.717, 1.165) is 25.9 Å². The molecule has 1 aromatic carbocycles. The summed E-state index contributed by atoms with van der Waals surface area (Å²) >= 11 is 1.45. The summed E-state index contributed by atoms with van der Waals surface area (Å²) in [5.41, 5.74) is 3.06. The van der Waals surface area contributed by atoms with Crippen molar-refractivity contribution in [3.05, 3.63) is 47.2 Å². The third-order valence-corrected chi connectivity index (χ3v) is 5.89. The molecule has 1 aromatic heterocycles. The largest absolute Gasteiger partial charge is 0.355 e. The molecular formula is C20H21N5OS. The highest BCUT2D eigenvalue weighted by atomic mass is 32.2. The Bertz CT molecular complexity index is 909. The summed E-state index contributed by atoms with van der Waals surface area (Å²) in [7, 11) is 0. The number of carbonyl (C=O) groups excluding carboxylic acids is 1. The topological polar surface area (TPSA) is 73.1 Å². The molecule has 2 aliphatic rings. The number of hydrogen-bond donors (Lipinski definition) is 0. The van der Waals surface area contributed by atoms with Crippen molar-refractivity contribution < 1.29 is 4.79 Å². The molecule has 4 rings (SSSR count). The van der Waals surface area contributed by atoms with E-state index in [4.69, 9.17) is 0 Å². The van der Waals surface area contributed by atoms with E-state index in [0.29, 0.717) is 29.6 Å². The number of rotatable bonds is 3. The molecule has 138 valence electrons. The smallest absolute Gasteiger partial charge is 0.227 e. The Hall–Kier alpha value is -2.59. The number of benzene rings is 1. The number of nitriles is 1. The summed E-state index contributed by atoms with van der Waals surface area (Å²) in [4.78, 5) is 25.8. The zero-order chi connectivity index (χ0) is 18.8. The molecule has 0 radical (unpaired) electrons. The van der Waals surface area contributed by atoms with Gasteiger partial charge in [0.05, 0.1) is 12.1 Å². The summed E-state index contributed by atoms with van der Waals surface area (Å²) in [6.07, 6.45) is 5.20. The lowest BCUT2D eigenvalue weighted by molar-refractivity contribution is -0.135. The van der Waals surface area contributed by atoms with Crippen molar-refractivity contribution in [2.75, 3.05) is 30.8 Å². The fraction of sp³-hybridized carbons (Fsp3) is 0.400. The van der Waals surface area contributed by atoms with Crippen LogP contribution in [0.25, 0.3) is 0 Å². The summed E-state index contributed by atoms with van der Waals surface area (Å²) in [6.45, 7) is 2.82. The van der Waals surface area contributed by atoms with E-state index in [9.17, 15) is 10.1 Å². The fourth-order valence-corrected chi connectivity index (χ4v) is 4.21. The van der Waals surface area contributed by atoms with Crippen LogP contribution in [0, 0.1) is 17.2 Å². The standard InChI is InChI=1S/C20H21N5OS/c1-27-20-22-11-17(10-21)18(23-20)24-8-7-16(13-24)19(26)25-9-6-14-4-2-3-5-15(14)12-25/h2-5,11,16H,6-9,12-13H2,1H3. The van der Waals surface area contributed by atoms with Crippen LogP contribution >= 0.6 is 11.8 Å². The normalized spacial score (nSPS) is 18.9. The van der Waals surface area contributed by atoms with Gasteiger partial charge in [0.2, 0.25) is 5.91 Å². The molecular weight excluding hydrogens is 358 g/mol. The minimum absolute atomic E-state index is 0.0468. The molecule has 3 heterocycles. The van der Waals surface area contributed by atoms with Gasteiger partial charge in [0.25, 0.3) is 0 Å². The van der Waals surface area contributed by atoms with Crippen LogP contribution < -0.4 is 4.90 Å². The van der Waals surface area contributed by atoms with Gasteiger partial charge in [-0.2, -0.15) is 5.26 Å². The molecule has 0 aliphatic carbocycles. The number of aromatic nitrogens is 2. The SMILES string of the molecule is CSc1ncc(C#N)c(N2CCC(C(=O)N3CCc4ccccc4C3)C2)n1. The number of nitrogens with zero attached hydrogens (tertiary/aromatic N) is 5. The average Bonchev–Trinajstić information content (AvgIpc) is 3.22. The zero-order valence-electron chi connectivity index (χ0n) is 15.3. The zero-order valence-corrected chi connectivity index (χ0v) is 16.1. The van der Waals surface area contributed by atoms with E-state index in [1.54, 1.807) is 6.20 Å². The van der Waals surface area contributed by atoms with Crippen molar-refractivity contribution in [1.82, 2.24) is 14.9 Å². The summed E-state index contributed by atoms with van der Waals surface area (Å²) in [5, 5.41) is 10.0. The minimum Gasteiger partial charge on any atom is -0.355 e. The predicted molar refractivity (Wildman–Crippen MR) is 104 cm³/mol. The first-order chi connectivity index (χ1) is 13.2. The van der Waals surface area contributed by atoms with Crippen molar-refractivity contribution in [2.24, 2.45) is 5.92 Å². The first-order valence-corrected chi connectivity index (χ1v) is 10.3. The highest BCUT2D eigenvalue weighted by molar-refractivity contribution is 7.98. The molecule has 1 atom stereocenters. The Morgan fingerprint density at radius 1 is 1.30 bits per heavy atom. The Labute approximate surface area is 163 Å². The van der Waals surface area contributed by atoms with Gasteiger partial charge in [-0.1, -0.05) is 36.0 Å². The van der Waals surface area contributed by atoms with E-state index in [1.807, 2.05) is 17.2 Å². The van der Waals surface area contributed by atoms with Crippen LogP contribution in [0.15, 0.2) is 35.6 Å². The van der Waals surface area contributed by atoms with Crippen LogP contribution in [0.4, 0.5) is 5.82 Å². The van der Waals surface area contributed by atoms with Gasteiger partial charge in [0.1, 0.15) is 11.6 Å². The molecule has 0 spiro atoms. The van der Waals surface area contributed by atoms with Crippen LogP contribution in [0.1, 0.15) is 23.1 Å². The Morgan fingerprint density at radius 2 is 2.11 bits per heavy atom. The molecule has 6 nitrogen and oxygen atoms in total. The summed E-state index contributed by atoms with van der Waals surface area (Å²) in [5.74, 6) is 0.815. The Balaban J connectivity index is 1.47. The molecule has 1 saturated heterocycles. The highest BCUT2D eigenvalue weighted by Gasteiger charge is 2.34. The number of hydrogen-bond acceptors (Lipinski definition) is 6. The highest BCUT2D eigenvalue weighted by Crippen LogP contribution is 2.29. The van der Waals surface area contributed by atoms with E-state index < -0.39 is 0 Å². The first-order valence-electron chi connectivity index (χ1n) is 9.11. The Morgan fingerprint density at radius 3 is 2.89 bits per heavy atom. The van der Waals surface area contributed by atoms with Gasteiger partial charge >= 0.3 is 0 Å². The van der Waals surface area contributed by atoms with E-state index in [-0.39, 0.29) is 11.8 Å². The number of amides is 1. The van der Waals surface area contributed by atoms with Gasteiger partial charge in [-0.05, 0) is 30.2 Å². The van der Waals surface area contributed by atoms with Gasteiger partial charge in [0.15, 0.2) is 11.0 Å². The first kappa shape index (κ1) is 17.8. The van der Waals surface area contributed by atoms with Crippen molar-refractivity contribution in [3.8, 4) is 6.07 Å². The number of carbonyl (C=O) groups is 1. The molecule has 2 aliphatic heterocycles. The fourth-order valence-electron chi connectivity index (χ4n) is 3.87. The number of thioether (sulfide) groups is 1. The molecule has 27 heavy (non-hydrogen) atoms. The van der Waals surface area contributed by atoms with E-state index in [2.05, 4.69) is 39.1 Å². The average molecular weight is 379 g/mol. The second kappa shape index (κ2) is 7.57. The van der Waals surface area contributed by atoms with Crippen molar-refractivity contribution in [2.45, 2.75) is 24.5 Å². The summed E-state index contributed by atoms with van der Waals surface area (Å²) < 4.78 is 0. The molecule has 0 bridgehead atoms. The minimum atomic E-state index is -0.0468. The number of anilines is 1. The molecule has 0 N–H and O–H groups in total. The maximum Gasteiger partial charge on any atom is 0.227 e. The number of fused-ring (bicyclic) bond motifs is 1. The molecule has 0 saturated carbocycles. The van der Waals surface area contributed by atoms with Gasteiger partial charge in [0, 0.05) is 26.2 Å². The lowest BCUT2D eigenvalue weighted by atomic mass is 9.98. The van der Waals surface area contributed by atoms with Crippen molar-refractivity contribution in [1.29, 1.82) is 5.26 Å². The van der Waals surface area contributed by atoms with Crippen molar-refractivity contribution in [3.63, 3.8) is 0 Å². The van der Waals surface area contributed by atoms with Crippen LogP contribution in [0.5, 0.6) is 0 Å². The quantitative estimate of drug-likeness (QED) is 0.603. The van der Waals surface area contributed by atoms with Crippen molar-refractivity contribution >= 4 is 23.5 Å². The van der Waals surface area contributed by atoms with Crippen LogP contribution in [0.2, 0.25) is 0 Å². The predicted octanol–water partition coefficient (Wildman–Crippen LogP) is 2.48.